The highest BCUT2D eigenvalue weighted by molar-refractivity contribution is 6.34. The number of amides is 3. The zero-order chi connectivity index (χ0) is 23.7. The van der Waals surface area contributed by atoms with Crippen molar-refractivity contribution in [1.29, 1.82) is 0 Å². The van der Waals surface area contributed by atoms with Gasteiger partial charge in [0.05, 0.1) is 27.3 Å². The van der Waals surface area contributed by atoms with Crippen molar-refractivity contribution in [2.75, 3.05) is 6.54 Å². The highest BCUT2D eigenvalue weighted by Crippen LogP contribution is 2.39. The second-order valence-corrected chi connectivity index (χ2v) is 8.46. The first-order chi connectivity index (χ1) is 15.8. The van der Waals surface area contributed by atoms with Gasteiger partial charge in [-0.2, -0.15) is 5.01 Å². The molecule has 0 aromatic heterocycles. The van der Waals surface area contributed by atoms with Gasteiger partial charge >= 0.3 is 0 Å². The van der Waals surface area contributed by atoms with Crippen molar-refractivity contribution < 1.29 is 24.1 Å². The Kier molecular flexibility index (Phi) is 6.24. The highest BCUT2D eigenvalue weighted by atomic mass is 35.5. The maximum atomic E-state index is 13.4. The Morgan fingerprint density at radius 1 is 1.00 bits per heavy atom. The summed E-state index contributed by atoms with van der Waals surface area (Å²) < 4.78 is 0. The smallest absolute Gasteiger partial charge is 0.274 e. The van der Waals surface area contributed by atoms with Crippen molar-refractivity contribution in [2.24, 2.45) is 11.8 Å². The van der Waals surface area contributed by atoms with Gasteiger partial charge in [-0.15, -0.1) is 0 Å². The summed E-state index contributed by atoms with van der Waals surface area (Å²) in [6.45, 7) is -0.598. The molecule has 0 bridgehead atoms. The van der Waals surface area contributed by atoms with E-state index in [0.717, 1.165) is 22.9 Å². The molecule has 4 rings (SSSR count). The summed E-state index contributed by atoms with van der Waals surface area (Å²) in [7, 11) is 0. The van der Waals surface area contributed by atoms with Crippen molar-refractivity contribution >= 4 is 40.8 Å². The molecule has 2 aliphatic rings. The first-order valence-corrected chi connectivity index (χ1v) is 10.9. The Balaban J connectivity index is 1.68. The fourth-order valence-electron chi connectivity index (χ4n) is 4.39. The molecule has 1 saturated heterocycles. The number of hydrazine groups is 1. The number of nitro groups is 1. The molecular weight excluding hydrogens is 450 g/mol. The molecule has 1 aliphatic carbocycles. The Bertz CT molecular complexity index is 1130. The molecule has 170 valence electrons. The molecule has 2 atom stereocenters. The number of nitrogens with zero attached hydrogens (tertiary/aromatic N) is 3. The van der Waals surface area contributed by atoms with Crippen LogP contribution in [0, 0.1) is 22.0 Å². The Labute approximate surface area is 194 Å². The first-order valence-electron chi connectivity index (χ1n) is 10.5. The van der Waals surface area contributed by atoms with Crippen LogP contribution in [0.2, 0.25) is 5.02 Å². The SMILES string of the molecule is O=C(CN(C(=O)c1ccccc1Cl)N1C(=O)[C@H]2CCCC[C@H]2C1=O)c1ccc([N+](=O)[O-])cc1. The highest BCUT2D eigenvalue weighted by Gasteiger charge is 2.51. The predicted octanol–water partition coefficient (Wildman–Crippen LogP) is 3.66. The quantitative estimate of drug-likeness (QED) is 0.276. The standard InChI is InChI=1S/C23H20ClN3O6/c24-19-8-4-3-7-18(19)21(29)25(13-20(28)14-9-11-15(12-10-14)27(32)33)26-22(30)16-5-1-2-6-17(16)23(26)31/h3-4,7-12,16-17H,1-2,5-6,13H2/t16-,17+. The zero-order valence-electron chi connectivity index (χ0n) is 17.5. The number of hydrogen-bond donors (Lipinski definition) is 0. The van der Waals surface area contributed by atoms with Crippen molar-refractivity contribution in [3.05, 3.63) is 74.8 Å². The topological polar surface area (TPSA) is 118 Å². The van der Waals surface area contributed by atoms with Gasteiger partial charge in [0, 0.05) is 17.7 Å². The summed E-state index contributed by atoms with van der Waals surface area (Å²) in [5.74, 6) is -3.36. The molecule has 2 fully saturated rings. The first kappa shape index (κ1) is 22.6. The molecule has 2 aromatic rings. The molecule has 1 saturated carbocycles. The van der Waals surface area contributed by atoms with Crippen LogP contribution in [0.3, 0.4) is 0 Å². The van der Waals surface area contributed by atoms with E-state index in [2.05, 4.69) is 0 Å². The van der Waals surface area contributed by atoms with Crippen molar-refractivity contribution in [1.82, 2.24) is 10.0 Å². The fraction of sp³-hybridized carbons (Fsp3) is 0.304. The van der Waals surface area contributed by atoms with E-state index in [1.54, 1.807) is 12.1 Å². The Morgan fingerprint density at radius 3 is 2.12 bits per heavy atom. The lowest BCUT2D eigenvalue weighted by Crippen LogP contribution is -2.52. The van der Waals surface area contributed by atoms with Crippen LogP contribution in [0.25, 0.3) is 0 Å². The third-order valence-corrected chi connectivity index (χ3v) is 6.42. The predicted molar refractivity (Wildman–Crippen MR) is 117 cm³/mol. The molecule has 9 nitrogen and oxygen atoms in total. The second kappa shape index (κ2) is 9.11. The molecule has 0 spiro atoms. The zero-order valence-corrected chi connectivity index (χ0v) is 18.2. The summed E-state index contributed by atoms with van der Waals surface area (Å²) in [5, 5.41) is 12.7. The van der Waals surface area contributed by atoms with Gasteiger partial charge in [0.25, 0.3) is 23.4 Å². The van der Waals surface area contributed by atoms with Gasteiger partial charge in [0.15, 0.2) is 5.78 Å². The maximum Gasteiger partial charge on any atom is 0.274 e. The molecule has 0 radical (unpaired) electrons. The Morgan fingerprint density at radius 2 is 1.58 bits per heavy atom. The minimum Gasteiger partial charge on any atom is -0.292 e. The van der Waals surface area contributed by atoms with Crippen LogP contribution in [0.15, 0.2) is 48.5 Å². The third kappa shape index (κ3) is 4.23. The van der Waals surface area contributed by atoms with Crippen molar-refractivity contribution in [3.63, 3.8) is 0 Å². The maximum absolute atomic E-state index is 13.4. The molecule has 33 heavy (non-hydrogen) atoms. The largest absolute Gasteiger partial charge is 0.292 e. The van der Waals surface area contributed by atoms with Gasteiger partial charge in [0.1, 0.15) is 6.54 Å². The minimum absolute atomic E-state index is 0.0474. The van der Waals surface area contributed by atoms with Crippen LogP contribution < -0.4 is 0 Å². The van der Waals surface area contributed by atoms with Crippen molar-refractivity contribution in [2.45, 2.75) is 25.7 Å². The lowest BCUT2D eigenvalue weighted by molar-refractivity contribution is -0.384. The lowest BCUT2D eigenvalue weighted by Gasteiger charge is -2.30. The number of rotatable bonds is 6. The third-order valence-electron chi connectivity index (χ3n) is 6.09. The normalized spacial score (nSPS) is 19.8. The van der Waals surface area contributed by atoms with E-state index in [4.69, 9.17) is 11.6 Å². The number of ketones is 1. The number of imide groups is 1. The number of carbonyl (C=O) groups excluding carboxylic acids is 4. The van der Waals surface area contributed by atoms with Gasteiger partial charge < -0.3 is 0 Å². The van der Waals surface area contributed by atoms with E-state index in [0.29, 0.717) is 12.8 Å². The number of non-ortho nitro benzene ring substituents is 1. The summed E-state index contributed by atoms with van der Waals surface area (Å²) in [5.41, 5.74) is -0.0373. The monoisotopic (exact) mass is 469 g/mol. The average Bonchev–Trinajstić information content (AvgIpc) is 3.07. The fourth-order valence-corrected chi connectivity index (χ4v) is 4.60. The van der Waals surface area contributed by atoms with Crippen LogP contribution in [0.5, 0.6) is 0 Å². The van der Waals surface area contributed by atoms with Crippen molar-refractivity contribution in [3.8, 4) is 0 Å². The van der Waals surface area contributed by atoms with E-state index in [9.17, 15) is 29.3 Å². The average molecular weight is 470 g/mol. The van der Waals surface area contributed by atoms with E-state index in [1.165, 1.54) is 36.4 Å². The summed E-state index contributed by atoms with van der Waals surface area (Å²) in [6.07, 6.45) is 2.73. The molecule has 1 aliphatic heterocycles. The molecular formula is C23H20ClN3O6. The van der Waals surface area contributed by atoms with Gasteiger partial charge in [-0.05, 0) is 37.1 Å². The molecule has 1 heterocycles. The summed E-state index contributed by atoms with van der Waals surface area (Å²) in [6, 6.07) is 11.1. The van der Waals surface area contributed by atoms with Crippen LogP contribution >= 0.6 is 11.6 Å². The number of carbonyl (C=O) groups is 4. The minimum atomic E-state index is -0.754. The van der Waals surface area contributed by atoms with Gasteiger partial charge in [-0.1, -0.05) is 36.6 Å². The second-order valence-electron chi connectivity index (χ2n) is 8.06. The molecule has 10 heteroatoms. The number of halogens is 1. The van der Waals surface area contributed by atoms with E-state index >= 15 is 0 Å². The molecule has 3 amide bonds. The van der Waals surface area contributed by atoms with E-state index in [-0.39, 0.29) is 21.8 Å². The molecule has 2 aromatic carbocycles. The number of benzene rings is 2. The van der Waals surface area contributed by atoms with Crippen LogP contribution in [-0.2, 0) is 9.59 Å². The van der Waals surface area contributed by atoms with E-state index in [1.807, 2.05) is 0 Å². The summed E-state index contributed by atoms with van der Waals surface area (Å²) >= 11 is 6.18. The van der Waals surface area contributed by atoms with E-state index < -0.39 is 46.8 Å². The van der Waals surface area contributed by atoms with Crippen LogP contribution in [-0.4, -0.2) is 45.0 Å². The van der Waals surface area contributed by atoms with Gasteiger partial charge in [-0.25, -0.2) is 5.01 Å². The molecule has 0 N–H and O–H groups in total. The van der Waals surface area contributed by atoms with Gasteiger partial charge in [0.2, 0.25) is 0 Å². The Hall–Kier alpha value is -3.59. The molecule has 0 unspecified atom stereocenters. The van der Waals surface area contributed by atoms with Gasteiger partial charge in [-0.3, -0.25) is 29.3 Å². The lowest BCUT2D eigenvalue weighted by atomic mass is 9.81. The number of fused-ring (bicyclic) bond motifs is 1. The summed E-state index contributed by atoms with van der Waals surface area (Å²) in [4.78, 5) is 63.0. The van der Waals surface area contributed by atoms with Crippen LogP contribution in [0.4, 0.5) is 5.69 Å². The van der Waals surface area contributed by atoms with Crippen LogP contribution in [0.1, 0.15) is 46.4 Å². The number of hydrogen-bond acceptors (Lipinski definition) is 6. The number of Topliss-reactive ketones (excluding diaryl/α,β-unsaturated/α-hetero) is 1. The number of nitro benzene ring substituents is 1.